The second-order valence-electron chi connectivity index (χ2n) is 8.33. The van der Waals surface area contributed by atoms with E-state index >= 15 is 0 Å². The first-order chi connectivity index (χ1) is 13.7. The first-order valence-corrected chi connectivity index (χ1v) is 13.7. The van der Waals surface area contributed by atoms with Crippen molar-refractivity contribution in [1.82, 2.24) is 0 Å². The average molecular weight is 427 g/mol. The Bertz CT molecular complexity index is 596. The van der Waals surface area contributed by atoms with Crippen LogP contribution in [0.4, 0.5) is 4.39 Å². The van der Waals surface area contributed by atoms with E-state index in [0.29, 0.717) is 11.3 Å². The molecule has 0 aromatic heterocycles. The number of rotatable bonds is 8. The first-order valence-electron chi connectivity index (χ1n) is 10.8. The van der Waals surface area contributed by atoms with Gasteiger partial charge < -0.3 is 9.47 Å². The Morgan fingerprint density at radius 1 is 1.04 bits per heavy atom. The minimum Gasteiger partial charge on any atom is -0.463 e. The SMILES string of the molecule is O=C(OC1CCC(C2CC[SiH](CCCCl)CC2)CC1)c1ccc(OCF)cc1. The van der Waals surface area contributed by atoms with E-state index in [1.165, 1.54) is 50.2 Å². The fraction of sp³-hybridized carbons (Fsp3) is 0.682. The smallest absolute Gasteiger partial charge is 0.338 e. The molecule has 1 aliphatic carbocycles. The van der Waals surface area contributed by atoms with Crippen LogP contribution in [-0.4, -0.2) is 33.6 Å². The number of alkyl halides is 2. The molecular weight excluding hydrogens is 395 g/mol. The van der Waals surface area contributed by atoms with E-state index in [-0.39, 0.29) is 12.1 Å². The van der Waals surface area contributed by atoms with E-state index < -0.39 is 15.7 Å². The van der Waals surface area contributed by atoms with Crippen LogP contribution in [0.15, 0.2) is 24.3 Å². The zero-order valence-corrected chi connectivity index (χ0v) is 18.5. The molecule has 3 nitrogen and oxygen atoms in total. The quantitative estimate of drug-likeness (QED) is 0.291. The average Bonchev–Trinajstić information content (AvgIpc) is 2.74. The summed E-state index contributed by atoms with van der Waals surface area (Å²) >= 11 is 5.85. The van der Waals surface area contributed by atoms with Crippen LogP contribution in [0.1, 0.15) is 55.3 Å². The van der Waals surface area contributed by atoms with Crippen molar-refractivity contribution in [2.45, 2.75) is 69.2 Å². The summed E-state index contributed by atoms with van der Waals surface area (Å²) in [6, 6.07) is 10.9. The van der Waals surface area contributed by atoms with Gasteiger partial charge in [0.2, 0.25) is 6.86 Å². The number of hydrogen-bond acceptors (Lipinski definition) is 3. The lowest BCUT2D eigenvalue weighted by atomic mass is 9.76. The molecule has 0 atom stereocenters. The van der Waals surface area contributed by atoms with Gasteiger partial charge in [-0.1, -0.05) is 31.0 Å². The van der Waals surface area contributed by atoms with Crippen LogP contribution in [0.2, 0.25) is 18.1 Å². The maximum absolute atomic E-state index is 12.3. The molecule has 1 saturated carbocycles. The summed E-state index contributed by atoms with van der Waals surface area (Å²) in [7, 11) is -0.495. The highest BCUT2D eigenvalue weighted by Crippen LogP contribution is 2.40. The number of esters is 1. The zero-order chi connectivity index (χ0) is 19.8. The lowest BCUT2D eigenvalue weighted by Gasteiger charge is -2.37. The predicted molar refractivity (Wildman–Crippen MR) is 114 cm³/mol. The van der Waals surface area contributed by atoms with Gasteiger partial charge in [0.15, 0.2) is 0 Å². The number of ether oxygens (including phenoxy) is 2. The third-order valence-corrected chi connectivity index (χ3v) is 10.4. The van der Waals surface area contributed by atoms with Crippen LogP contribution >= 0.6 is 11.6 Å². The van der Waals surface area contributed by atoms with Crippen LogP contribution in [0.5, 0.6) is 5.75 Å². The molecule has 0 unspecified atom stereocenters. The lowest BCUT2D eigenvalue weighted by Crippen LogP contribution is -2.31. The molecule has 2 fully saturated rings. The normalized spacial score (nSPS) is 27.9. The first kappa shape index (κ1) is 21.6. The van der Waals surface area contributed by atoms with Gasteiger partial charge in [-0.3, -0.25) is 0 Å². The number of halogens is 2. The Morgan fingerprint density at radius 3 is 2.29 bits per heavy atom. The molecule has 1 aromatic rings. The molecule has 0 amide bonds. The summed E-state index contributed by atoms with van der Waals surface area (Å²) in [5.41, 5.74) is 0.494. The van der Waals surface area contributed by atoms with Gasteiger partial charge >= 0.3 is 5.97 Å². The maximum Gasteiger partial charge on any atom is 0.338 e. The largest absolute Gasteiger partial charge is 0.463 e. The molecule has 3 rings (SSSR count). The fourth-order valence-corrected chi connectivity index (χ4v) is 8.82. The molecular formula is C22H32ClFO3Si. The van der Waals surface area contributed by atoms with Gasteiger partial charge in [-0.25, -0.2) is 9.18 Å². The molecule has 1 aliphatic heterocycles. The molecule has 1 heterocycles. The highest BCUT2D eigenvalue weighted by Gasteiger charge is 2.32. The van der Waals surface area contributed by atoms with E-state index in [1.807, 2.05) is 0 Å². The highest BCUT2D eigenvalue weighted by molar-refractivity contribution is 6.59. The maximum atomic E-state index is 12.3. The molecule has 1 aromatic carbocycles. The van der Waals surface area contributed by atoms with Crippen LogP contribution in [-0.2, 0) is 4.74 Å². The molecule has 28 heavy (non-hydrogen) atoms. The molecule has 2 aliphatic rings. The van der Waals surface area contributed by atoms with Crippen molar-refractivity contribution in [1.29, 1.82) is 0 Å². The molecule has 156 valence electrons. The number of hydrogen-bond donors (Lipinski definition) is 0. The van der Waals surface area contributed by atoms with E-state index in [0.717, 1.165) is 30.6 Å². The molecule has 0 N–H and O–H groups in total. The zero-order valence-electron chi connectivity index (χ0n) is 16.6. The summed E-state index contributed by atoms with van der Waals surface area (Å²) in [4.78, 5) is 12.3. The Hall–Kier alpha value is -1.07. The van der Waals surface area contributed by atoms with Crippen LogP contribution in [0, 0.1) is 11.8 Å². The van der Waals surface area contributed by atoms with Crippen molar-refractivity contribution in [2.75, 3.05) is 12.7 Å². The number of carbonyl (C=O) groups is 1. The van der Waals surface area contributed by atoms with E-state index in [4.69, 9.17) is 21.1 Å². The van der Waals surface area contributed by atoms with E-state index in [1.54, 1.807) is 24.3 Å². The third kappa shape index (κ3) is 6.21. The molecule has 0 spiro atoms. The van der Waals surface area contributed by atoms with Gasteiger partial charge in [0.05, 0.1) is 5.56 Å². The van der Waals surface area contributed by atoms with Crippen molar-refractivity contribution >= 4 is 26.4 Å². The molecule has 1 saturated heterocycles. The monoisotopic (exact) mass is 426 g/mol. The summed E-state index contributed by atoms with van der Waals surface area (Å²) < 4.78 is 22.6. The van der Waals surface area contributed by atoms with Gasteiger partial charge in [0.25, 0.3) is 0 Å². The van der Waals surface area contributed by atoms with Crippen molar-refractivity contribution < 1.29 is 18.7 Å². The van der Waals surface area contributed by atoms with Gasteiger partial charge in [-0.2, -0.15) is 0 Å². The van der Waals surface area contributed by atoms with Gasteiger partial charge in [0.1, 0.15) is 11.9 Å². The summed E-state index contributed by atoms with van der Waals surface area (Å²) in [5.74, 6) is 2.65. The van der Waals surface area contributed by atoms with Gasteiger partial charge in [-0.05, 0) is 68.2 Å². The standard InChI is InChI=1S/C22H32ClFO3Si/c23-12-1-13-28-14-10-18(11-15-28)17-2-8-21(9-3-17)27-22(25)19-4-6-20(7-5-19)26-16-24/h4-7,17-18,21,28H,1-3,8-16H2. The number of benzene rings is 1. The summed E-state index contributed by atoms with van der Waals surface area (Å²) in [6.07, 6.45) is 8.39. The topological polar surface area (TPSA) is 35.5 Å². The lowest BCUT2D eigenvalue weighted by molar-refractivity contribution is 0.0127. The van der Waals surface area contributed by atoms with Crippen LogP contribution < -0.4 is 4.74 Å². The van der Waals surface area contributed by atoms with Crippen molar-refractivity contribution in [3.05, 3.63) is 29.8 Å². The summed E-state index contributed by atoms with van der Waals surface area (Å²) in [6.45, 7) is -0.871. The Labute approximate surface area is 174 Å². The van der Waals surface area contributed by atoms with E-state index in [2.05, 4.69) is 0 Å². The van der Waals surface area contributed by atoms with Crippen LogP contribution in [0.3, 0.4) is 0 Å². The number of carbonyl (C=O) groups excluding carboxylic acids is 1. The molecule has 0 bridgehead atoms. The highest BCUT2D eigenvalue weighted by atomic mass is 35.5. The second-order valence-corrected chi connectivity index (χ2v) is 12.2. The summed E-state index contributed by atoms with van der Waals surface area (Å²) in [5, 5.41) is 0. The minimum atomic E-state index is -0.871. The third-order valence-electron chi connectivity index (χ3n) is 6.61. The predicted octanol–water partition coefficient (Wildman–Crippen LogP) is 5.97. The molecule has 6 heteroatoms. The second kappa shape index (κ2) is 11.2. The van der Waals surface area contributed by atoms with Gasteiger partial charge in [-0.15, -0.1) is 11.6 Å². The molecule has 0 radical (unpaired) electrons. The Balaban J connectivity index is 1.39. The van der Waals surface area contributed by atoms with Crippen molar-refractivity contribution in [3.63, 3.8) is 0 Å². The minimum absolute atomic E-state index is 0.0277. The Kier molecular flexibility index (Phi) is 8.65. The fourth-order valence-electron chi connectivity index (χ4n) is 4.96. The van der Waals surface area contributed by atoms with Crippen LogP contribution in [0.25, 0.3) is 0 Å². The van der Waals surface area contributed by atoms with Gasteiger partial charge in [0, 0.05) is 14.7 Å². The van der Waals surface area contributed by atoms with Crippen molar-refractivity contribution in [2.24, 2.45) is 11.8 Å². The van der Waals surface area contributed by atoms with E-state index in [9.17, 15) is 9.18 Å². The Morgan fingerprint density at radius 2 is 1.68 bits per heavy atom. The van der Waals surface area contributed by atoms with Crippen molar-refractivity contribution in [3.8, 4) is 5.75 Å².